The van der Waals surface area contributed by atoms with E-state index in [0.717, 1.165) is 12.1 Å². The van der Waals surface area contributed by atoms with Gasteiger partial charge in [-0.3, -0.25) is 0 Å². The highest BCUT2D eigenvalue weighted by Gasteiger charge is 2.30. The molecule has 0 aliphatic heterocycles. The first-order valence-corrected chi connectivity index (χ1v) is 6.60. The van der Waals surface area contributed by atoms with Gasteiger partial charge in [0.25, 0.3) is 0 Å². The molecule has 1 atom stereocenters. The van der Waals surface area contributed by atoms with Crippen LogP contribution in [0.15, 0.2) is 24.3 Å². The van der Waals surface area contributed by atoms with E-state index in [2.05, 4.69) is 5.32 Å². The van der Waals surface area contributed by atoms with Crippen molar-refractivity contribution in [3.05, 3.63) is 35.4 Å². The van der Waals surface area contributed by atoms with Gasteiger partial charge in [0.05, 0.1) is 30.4 Å². The first kappa shape index (κ1) is 17.9. The lowest BCUT2D eigenvalue weighted by Gasteiger charge is -2.31. The van der Waals surface area contributed by atoms with Gasteiger partial charge in [-0.15, -0.1) is 0 Å². The average Bonchev–Trinajstić information content (AvgIpc) is 2.48. The number of aliphatic hydroxyl groups is 3. The Morgan fingerprint density at radius 3 is 2.00 bits per heavy atom. The van der Waals surface area contributed by atoms with Gasteiger partial charge < -0.3 is 20.6 Å². The summed E-state index contributed by atoms with van der Waals surface area (Å²) in [5.74, 6) is 0. The number of nitrogens with one attached hydrogen (secondary N) is 1. The predicted octanol–water partition coefficient (Wildman–Crippen LogP) is 1.46. The maximum Gasteiger partial charge on any atom is 0.416 e. The van der Waals surface area contributed by atoms with Crippen molar-refractivity contribution in [2.75, 3.05) is 19.8 Å². The van der Waals surface area contributed by atoms with E-state index in [1.807, 2.05) is 0 Å². The van der Waals surface area contributed by atoms with Crippen LogP contribution in [0.2, 0.25) is 0 Å². The number of hydrogen-bond donors (Lipinski definition) is 4. The summed E-state index contributed by atoms with van der Waals surface area (Å²) < 4.78 is 37.3. The molecule has 1 aromatic rings. The number of alkyl halides is 3. The van der Waals surface area contributed by atoms with Crippen molar-refractivity contribution in [3.63, 3.8) is 0 Å². The van der Waals surface area contributed by atoms with E-state index in [0.29, 0.717) is 12.0 Å². The highest BCUT2D eigenvalue weighted by molar-refractivity contribution is 5.26. The number of rotatable bonds is 7. The summed E-state index contributed by atoms with van der Waals surface area (Å²) in [6.45, 7) is 1.17. The van der Waals surface area contributed by atoms with Crippen molar-refractivity contribution in [1.29, 1.82) is 0 Å². The second-order valence-corrected chi connectivity index (χ2v) is 4.97. The molecule has 0 aliphatic carbocycles. The van der Waals surface area contributed by atoms with Crippen LogP contribution >= 0.6 is 0 Å². The van der Waals surface area contributed by atoms with Crippen molar-refractivity contribution >= 4 is 0 Å². The van der Waals surface area contributed by atoms with E-state index in [-0.39, 0.29) is 19.8 Å². The maximum atomic E-state index is 12.4. The molecule has 0 aliphatic rings. The van der Waals surface area contributed by atoms with Gasteiger partial charge in [0, 0.05) is 6.54 Å². The monoisotopic (exact) mass is 307 g/mol. The quantitative estimate of drug-likeness (QED) is 0.615. The van der Waals surface area contributed by atoms with Crippen LogP contribution in [0.25, 0.3) is 0 Å². The molecular formula is C14H20F3NO3. The van der Waals surface area contributed by atoms with E-state index in [4.69, 9.17) is 0 Å². The largest absolute Gasteiger partial charge is 0.416 e. The molecule has 120 valence electrons. The topological polar surface area (TPSA) is 72.7 Å². The number of halogens is 3. The molecule has 0 saturated carbocycles. The molecule has 0 amide bonds. The Kier molecular flexibility index (Phi) is 6.15. The normalized spacial score (nSPS) is 14.2. The summed E-state index contributed by atoms with van der Waals surface area (Å²) in [6, 6.07) is 4.23. The van der Waals surface area contributed by atoms with Gasteiger partial charge in [-0.05, 0) is 24.1 Å². The fourth-order valence-electron chi connectivity index (χ4n) is 1.84. The summed E-state index contributed by atoms with van der Waals surface area (Å²) in [5.41, 5.74) is -1.36. The van der Waals surface area contributed by atoms with Crippen molar-refractivity contribution < 1.29 is 28.5 Å². The molecule has 21 heavy (non-hydrogen) atoms. The lowest BCUT2D eigenvalue weighted by atomic mass is 9.97. The number of hydrogen-bond acceptors (Lipinski definition) is 4. The smallest absolute Gasteiger partial charge is 0.394 e. The Morgan fingerprint density at radius 2 is 1.62 bits per heavy atom. The minimum Gasteiger partial charge on any atom is -0.394 e. The number of β-amino-alcohol motifs (C(OH)–C–C–N with tert-alkyl or cyclic N) is 1. The van der Waals surface area contributed by atoms with Gasteiger partial charge >= 0.3 is 6.18 Å². The lowest BCUT2D eigenvalue weighted by molar-refractivity contribution is -0.137. The Morgan fingerprint density at radius 1 is 1.10 bits per heavy atom. The van der Waals surface area contributed by atoms with Gasteiger partial charge in [-0.1, -0.05) is 19.1 Å². The molecule has 4 nitrogen and oxygen atoms in total. The van der Waals surface area contributed by atoms with Gasteiger partial charge in [0.2, 0.25) is 0 Å². The third-order valence-corrected chi connectivity index (χ3v) is 3.58. The first-order chi connectivity index (χ1) is 9.78. The van der Waals surface area contributed by atoms with Crippen LogP contribution in [0.5, 0.6) is 0 Å². The van der Waals surface area contributed by atoms with Gasteiger partial charge in [0.15, 0.2) is 0 Å². The van der Waals surface area contributed by atoms with Crippen LogP contribution in [0, 0.1) is 0 Å². The Balaban J connectivity index is 2.70. The van der Waals surface area contributed by atoms with Crippen molar-refractivity contribution in [2.24, 2.45) is 0 Å². The lowest BCUT2D eigenvalue weighted by Crippen LogP contribution is -2.52. The van der Waals surface area contributed by atoms with E-state index < -0.39 is 23.4 Å². The predicted molar refractivity (Wildman–Crippen MR) is 71.6 cm³/mol. The van der Waals surface area contributed by atoms with Gasteiger partial charge in [0.1, 0.15) is 0 Å². The van der Waals surface area contributed by atoms with Crippen molar-refractivity contribution in [2.45, 2.75) is 31.2 Å². The highest BCUT2D eigenvalue weighted by Crippen LogP contribution is 2.29. The van der Waals surface area contributed by atoms with Gasteiger partial charge in [-0.2, -0.15) is 13.2 Å². The van der Waals surface area contributed by atoms with Crippen LogP contribution in [-0.4, -0.2) is 40.6 Å². The van der Waals surface area contributed by atoms with E-state index >= 15 is 0 Å². The molecule has 0 radical (unpaired) electrons. The Bertz CT molecular complexity index is 422. The van der Waals surface area contributed by atoms with E-state index in [1.165, 1.54) is 12.1 Å². The number of aliphatic hydroxyl groups excluding tert-OH is 3. The minimum atomic E-state index is -4.41. The maximum absolute atomic E-state index is 12.4. The molecule has 4 N–H and O–H groups in total. The molecule has 1 unspecified atom stereocenters. The molecule has 0 bridgehead atoms. The van der Waals surface area contributed by atoms with Crippen LogP contribution in [0.3, 0.4) is 0 Å². The first-order valence-electron chi connectivity index (χ1n) is 6.60. The minimum absolute atomic E-state index is 0.0142. The van der Waals surface area contributed by atoms with Crippen LogP contribution < -0.4 is 5.32 Å². The molecule has 0 aromatic heterocycles. The van der Waals surface area contributed by atoms with Gasteiger partial charge in [-0.25, -0.2) is 0 Å². The molecule has 0 heterocycles. The third-order valence-electron chi connectivity index (χ3n) is 3.58. The molecule has 0 saturated heterocycles. The Labute approximate surface area is 121 Å². The van der Waals surface area contributed by atoms with Crippen LogP contribution in [0.4, 0.5) is 13.2 Å². The fraction of sp³-hybridized carbons (Fsp3) is 0.571. The zero-order valence-corrected chi connectivity index (χ0v) is 11.7. The molecule has 1 aromatic carbocycles. The van der Waals surface area contributed by atoms with E-state index in [9.17, 15) is 28.5 Å². The summed E-state index contributed by atoms with van der Waals surface area (Å²) in [4.78, 5) is 0. The highest BCUT2D eigenvalue weighted by atomic mass is 19.4. The summed E-state index contributed by atoms with van der Waals surface area (Å²) in [5, 5.41) is 31.3. The Hall–Kier alpha value is -1.15. The zero-order chi connectivity index (χ0) is 16.1. The average molecular weight is 307 g/mol. The SMILES string of the molecule is CCC(CO)(CO)NCC(O)c1ccc(C(F)(F)F)cc1. The molecule has 7 heteroatoms. The standard InChI is InChI=1S/C14H20F3NO3/c1-2-13(8-19,9-20)18-7-12(21)10-3-5-11(6-4-10)14(15,16)17/h3-6,12,18-21H,2,7-9H2,1H3. The van der Waals surface area contributed by atoms with Crippen molar-refractivity contribution in [1.82, 2.24) is 5.32 Å². The zero-order valence-electron chi connectivity index (χ0n) is 11.7. The second-order valence-electron chi connectivity index (χ2n) is 4.97. The van der Waals surface area contributed by atoms with Crippen LogP contribution in [-0.2, 0) is 6.18 Å². The molecule has 0 fully saturated rings. The fourth-order valence-corrected chi connectivity index (χ4v) is 1.84. The molecule has 0 spiro atoms. The summed E-state index contributed by atoms with van der Waals surface area (Å²) in [6.07, 6.45) is -5.00. The summed E-state index contributed by atoms with van der Waals surface area (Å²) in [7, 11) is 0. The molecular weight excluding hydrogens is 287 g/mol. The third kappa shape index (κ3) is 4.67. The summed E-state index contributed by atoms with van der Waals surface area (Å²) >= 11 is 0. The van der Waals surface area contributed by atoms with Crippen molar-refractivity contribution in [3.8, 4) is 0 Å². The molecule has 1 rings (SSSR count). The van der Waals surface area contributed by atoms with E-state index in [1.54, 1.807) is 6.92 Å². The van der Waals surface area contributed by atoms with Crippen LogP contribution in [0.1, 0.15) is 30.6 Å². The second kappa shape index (κ2) is 7.22. The number of benzene rings is 1.